The van der Waals surface area contributed by atoms with Crippen molar-refractivity contribution in [2.45, 2.75) is 0 Å². The summed E-state index contributed by atoms with van der Waals surface area (Å²) in [5, 5.41) is 4.39. The van der Waals surface area contributed by atoms with Gasteiger partial charge in [0, 0.05) is 10.8 Å². The first-order chi connectivity index (χ1) is 8.31. The first-order valence-corrected chi connectivity index (χ1v) is 5.33. The minimum absolute atomic E-state index is 0.739. The second kappa shape index (κ2) is 3.70. The molecule has 0 saturated carbocycles. The summed E-state index contributed by atoms with van der Waals surface area (Å²) in [6, 6.07) is 8.10. The Kier molecular flexibility index (Phi) is 2.18. The van der Waals surface area contributed by atoms with E-state index in [4.69, 9.17) is 13.9 Å². The van der Waals surface area contributed by atoms with Gasteiger partial charge in [0.2, 0.25) is 0 Å². The zero-order valence-electron chi connectivity index (χ0n) is 9.69. The zero-order chi connectivity index (χ0) is 11.8. The second-order valence-corrected chi connectivity index (χ2v) is 3.91. The molecule has 3 rings (SSSR count). The van der Waals surface area contributed by atoms with Gasteiger partial charge in [-0.1, -0.05) is 0 Å². The highest BCUT2D eigenvalue weighted by molar-refractivity contribution is 5.99. The molecule has 0 spiro atoms. The van der Waals surface area contributed by atoms with Crippen molar-refractivity contribution in [3.63, 3.8) is 0 Å². The molecule has 0 N–H and O–H groups in total. The van der Waals surface area contributed by atoms with E-state index in [9.17, 15) is 0 Å². The van der Waals surface area contributed by atoms with E-state index in [1.165, 1.54) is 0 Å². The Morgan fingerprint density at radius 1 is 0.706 bits per heavy atom. The lowest BCUT2D eigenvalue weighted by Gasteiger charge is -2.09. The second-order valence-electron chi connectivity index (χ2n) is 3.91. The minimum atomic E-state index is 0.739. The number of hydrogen-bond donors (Lipinski definition) is 0. The van der Waals surface area contributed by atoms with Crippen molar-refractivity contribution in [2.24, 2.45) is 0 Å². The van der Waals surface area contributed by atoms with E-state index in [1.54, 1.807) is 26.7 Å². The fraction of sp³-hybridized carbons (Fsp3) is 0.143. The molecule has 0 aliphatic heterocycles. The summed E-state index contributed by atoms with van der Waals surface area (Å²) in [5.74, 6) is 1.48. The third-order valence-corrected chi connectivity index (χ3v) is 2.93. The molecule has 0 amide bonds. The summed E-state index contributed by atoms with van der Waals surface area (Å²) in [5.41, 5.74) is 0. The minimum Gasteiger partial charge on any atom is -0.493 e. The van der Waals surface area contributed by atoms with E-state index in [2.05, 4.69) is 12.1 Å². The lowest BCUT2D eigenvalue weighted by molar-refractivity contribution is 0.356. The molecule has 17 heavy (non-hydrogen) atoms. The van der Waals surface area contributed by atoms with Crippen LogP contribution in [0.3, 0.4) is 0 Å². The predicted molar refractivity (Wildman–Crippen MR) is 66.8 cm³/mol. The number of furan rings is 1. The Balaban J connectivity index is 2.36. The maximum Gasteiger partial charge on any atom is 0.161 e. The molecule has 0 aliphatic rings. The van der Waals surface area contributed by atoms with Gasteiger partial charge in [0.05, 0.1) is 26.7 Å². The van der Waals surface area contributed by atoms with Crippen LogP contribution in [0.15, 0.2) is 41.2 Å². The third-order valence-electron chi connectivity index (χ3n) is 2.93. The van der Waals surface area contributed by atoms with Gasteiger partial charge in [0.25, 0.3) is 0 Å². The average Bonchev–Trinajstić information content (AvgIpc) is 2.81. The van der Waals surface area contributed by atoms with Crippen LogP contribution in [0.5, 0.6) is 11.5 Å². The van der Waals surface area contributed by atoms with E-state index in [1.807, 2.05) is 12.1 Å². The molecule has 3 nitrogen and oxygen atoms in total. The fourth-order valence-electron chi connectivity index (χ4n) is 2.05. The van der Waals surface area contributed by atoms with Gasteiger partial charge < -0.3 is 13.9 Å². The third kappa shape index (κ3) is 1.51. The highest BCUT2D eigenvalue weighted by Gasteiger charge is 2.07. The summed E-state index contributed by atoms with van der Waals surface area (Å²) < 4.78 is 15.8. The van der Waals surface area contributed by atoms with Crippen LogP contribution in [0.25, 0.3) is 21.5 Å². The molecule has 3 aromatic rings. The number of ether oxygens (including phenoxy) is 2. The lowest BCUT2D eigenvalue weighted by Crippen LogP contribution is -1.90. The maximum atomic E-state index is 5.29. The van der Waals surface area contributed by atoms with Gasteiger partial charge in [-0.25, -0.2) is 0 Å². The monoisotopic (exact) mass is 228 g/mol. The predicted octanol–water partition coefficient (Wildman–Crippen LogP) is 3.60. The number of rotatable bonds is 2. The van der Waals surface area contributed by atoms with Gasteiger partial charge in [0.15, 0.2) is 11.5 Å². The quantitative estimate of drug-likeness (QED) is 0.671. The zero-order valence-corrected chi connectivity index (χ0v) is 9.69. The van der Waals surface area contributed by atoms with Gasteiger partial charge in [-0.3, -0.25) is 0 Å². The van der Waals surface area contributed by atoms with Crippen molar-refractivity contribution < 1.29 is 13.9 Å². The van der Waals surface area contributed by atoms with E-state index >= 15 is 0 Å². The normalized spacial score (nSPS) is 10.9. The molecule has 1 heterocycles. The molecule has 0 fully saturated rings. The van der Waals surface area contributed by atoms with Gasteiger partial charge in [-0.15, -0.1) is 0 Å². The molecule has 0 saturated heterocycles. The van der Waals surface area contributed by atoms with Crippen molar-refractivity contribution in [3.8, 4) is 11.5 Å². The van der Waals surface area contributed by atoms with E-state index in [0.717, 1.165) is 33.0 Å². The van der Waals surface area contributed by atoms with E-state index in [0.29, 0.717) is 0 Å². The molecule has 0 atom stereocenters. The average molecular weight is 228 g/mol. The van der Waals surface area contributed by atoms with Crippen LogP contribution in [0.4, 0.5) is 0 Å². The molecular formula is C14H12O3. The van der Waals surface area contributed by atoms with Crippen molar-refractivity contribution in [1.82, 2.24) is 0 Å². The highest BCUT2D eigenvalue weighted by atomic mass is 16.5. The fourth-order valence-corrected chi connectivity index (χ4v) is 2.05. The van der Waals surface area contributed by atoms with Crippen LogP contribution in [-0.2, 0) is 0 Å². The Morgan fingerprint density at radius 3 is 1.59 bits per heavy atom. The van der Waals surface area contributed by atoms with Gasteiger partial charge in [-0.05, 0) is 35.0 Å². The van der Waals surface area contributed by atoms with Crippen molar-refractivity contribution in [1.29, 1.82) is 0 Å². The van der Waals surface area contributed by atoms with E-state index in [-0.39, 0.29) is 0 Å². The summed E-state index contributed by atoms with van der Waals surface area (Å²) in [7, 11) is 3.28. The van der Waals surface area contributed by atoms with Crippen LogP contribution in [-0.4, -0.2) is 14.2 Å². The van der Waals surface area contributed by atoms with Crippen LogP contribution in [0.1, 0.15) is 0 Å². The lowest BCUT2D eigenvalue weighted by atomic mass is 10.1. The standard InChI is InChI=1S/C14H12O3/c1-15-13-5-9-3-11-7-17-8-12(11)4-10(9)6-14(13)16-2/h3-8H,1-2H3. The number of hydrogen-bond acceptors (Lipinski definition) is 3. The van der Waals surface area contributed by atoms with E-state index < -0.39 is 0 Å². The van der Waals surface area contributed by atoms with Crippen LogP contribution < -0.4 is 9.47 Å². The Labute approximate surface area is 98.5 Å². The van der Waals surface area contributed by atoms with Crippen LogP contribution in [0, 0.1) is 0 Å². The highest BCUT2D eigenvalue weighted by Crippen LogP contribution is 2.34. The molecule has 0 aliphatic carbocycles. The summed E-state index contributed by atoms with van der Waals surface area (Å²) >= 11 is 0. The molecule has 3 heteroatoms. The van der Waals surface area contributed by atoms with Crippen LogP contribution >= 0.6 is 0 Å². The molecule has 0 radical (unpaired) electrons. The summed E-state index contributed by atoms with van der Waals surface area (Å²) in [6.45, 7) is 0. The van der Waals surface area contributed by atoms with Crippen molar-refractivity contribution in [3.05, 3.63) is 36.8 Å². The van der Waals surface area contributed by atoms with Crippen molar-refractivity contribution in [2.75, 3.05) is 14.2 Å². The molecule has 0 unspecified atom stereocenters. The molecule has 0 bridgehead atoms. The van der Waals surface area contributed by atoms with Crippen LogP contribution in [0.2, 0.25) is 0 Å². The maximum absolute atomic E-state index is 5.29. The van der Waals surface area contributed by atoms with Gasteiger partial charge >= 0.3 is 0 Å². The number of methoxy groups -OCH3 is 2. The summed E-state index contributed by atoms with van der Waals surface area (Å²) in [4.78, 5) is 0. The SMILES string of the molecule is COc1cc2cc3cocc3cc2cc1OC. The molecule has 1 aromatic heterocycles. The Bertz CT molecular complexity index is 625. The van der Waals surface area contributed by atoms with Crippen molar-refractivity contribution >= 4 is 21.5 Å². The summed E-state index contributed by atoms with van der Waals surface area (Å²) in [6.07, 6.45) is 3.48. The molecule has 2 aromatic carbocycles. The number of benzene rings is 2. The van der Waals surface area contributed by atoms with Gasteiger partial charge in [0.1, 0.15) is 0 Å². The number of fused-ring (bicyclic) bond motifs is 2. The molecular weight excluding hydrogens is 216 g/mol. The Morgan fingerprint density at radius 2 is 1.18 bits per heavy atom. The largest absolute Gasteiger partial charge is 0.493 e. The Hall–Kier alpha value is -2.16. The topological polar surface area (TPSA) is 31.6 Å². The first kappa shape index (κ1) is 10.0. The molecule has 86 valence electrons. The first-order valence-electron chi connectivity index (χ1n) is 5.33. The van der Waals surface area contributed by atoms with Gasteiger partial charge in [-0.2, -0.15) is 0 Å². The smallest absolute Gasteiger partial charge is 0.161 e.